The lowest BCUT2D eigenvalue weighted by molar-refractivity contribution is -0.122. The Morgan fingerprint density at radius 2 is 2.22 bits per heavy atom. The number of amides is 1. The summed E-state index contributed by atoms with van der Waals surface area (Å²) in [5, 5.41) is 2.70. The van der Waals surface area contributed by atoms with E-state index < -0.39 is 5.82 Å². The molecule has 1 aromatic rings. The molecule has 0 saturated heterocycles. The van der Waals surface area contributed by atoms with Crippen LogP contribution in [0.25, 0.3) is 0 Å². The lowest BCUT2D eigenvalue weighted by Gasteiger charge is -2.07. The van der Waals surface area contributed by atoms with E-state index in [4.69, 9.17) is 9.47 Å². The minimum Gasteiger partial charge on any atom is -0.494 e. The van der Waals surface area contributed by atoms with Crippen LogP contribution in [0.3, 0.4) is 0 Å². The summed E-state index contributed by atoms with van der Waals surface area (Å²) < 4.78 is 23.2. The minimum absolute atomic E-state index is 0.111. The third-order valence-corrected chi connectivity index (χ3v) is 2.38. The molecule has 0 saturated carbocycles. The SMILES string of the molecule is CCOCCC(=O)NCc1ccc(OC)c(F)c1. The molecule has 0 spiro atoms. The van der Waals surface area contributed by atoms with Gasteiger partial charge in [-0.2, -0.15) is 0 Å². The fourth-order valence-corrected chi connectivity index (χ4v) is 1.42. The number of hydrogen-bond donors (Lipinski definition) is 1. The van der Waals surface area contributed by atoms with Gasteiger partial charge in [-0.1, -0.05) is 6.07 Å². The predicted octanol–water partition coefficient (Wildman–Crippen LogP) is 1.88. The minimum atomic E-state index is -0.432. The number of hydrogen-bond acceptors (Lipinski definition) is 3. The molecule has 1 rings (SSSR count). The molecule has 0 atom stereocenters. The van der Waals surface area contributed by atoms with Crippen molar-refractivity contribution in [1.82, 2.24) is 5.32 Å². The number of rotatable bonds is 7. The first-order valence-corrected chi connectivity index (χ1v) is 5.84. The van der Waals surface area contributed by atoms with Crippen molar-refractivity contribution >= 4 is 5.91 Å². The van der Waals surface area contributed by atoms with Crippen LogP contribution in [0.5, 0.6) is 5.75 Å². The van der Waals surface area contributed by atoms with Crippen LogP contribution in [-0.4, -0.2) is 26.2 Å². The van der Waals surface area contributed by atoms with Gasteiger partial charge in [0.2, 0.25) is 5.91 Å². The van der Waals surface area contributed by atoms with Gasteiger partial charge in [-0.3, -0.25) is 4.79 Å². The average molecular weight is 255 g/mol. The van der Waals surface area contributed by atoms with Gasteiger partial charge in [0.25, 0.3) is 0 Å². The van der Waals surface area contributed by atoms with E-state index in [-0.39, 0.29) is 11.7 Å². The molecular weight excluding hydrogens is 237 g/mol. The Morgan fingerprint density at radius 1 is 1.44 bits per heavy atom. The molecule has 0 aliphatic carbocycles. The highest BCUT2D eigenvalue weighted by atomic mass is 19.1. The Labute approximate surface area is 106 Å². The summed E-state index contributed by atoms with van der Waals surface area (Å²) in [5.41, 5.74) is 0.693. The molecule has 18 heavy (non-hydrogen) atoms. The molecule has 1 N–H and O–H groups in total. The zero-order valence-electron chi connectivity index (χ0n) is 10.7. The number of carbonyl (C=O) groups excluding carboxylic acids is 1. The molecule has 1 aromatic carbocycles. The lowest BCUT2D eigenvalue weighted by Crippen LogP contribution is -2.23. The van der Waals surface area contributed by atoms with E-state index >= 15 is 0 Å². The Kier molecular flexibility index (Phi) is 6.14. The standard InChI is InChI=1S/C13H18FNO3/c1-3-18-7-6-13(16)15-9-10-4-5-12(17-2)11(14)8-10/h4-5,8H,3,6-7,9H2,1-2H3,(H,15,16). The summed E-state index contributed by atoms with van der Waals surface area (Å²) in [6.07, 6.45) is 0.312. The maximum Gasteiger partial charge on any atom is 0.222 e. The van der Waals surface area contributed by atoms with Gasteiger partial charge < -0.3 is 14.8 Å². The zero-order valence-corrected chi connectivity index (χ0v) is 10.7. The van der Waals surface area contributed by atoms with Crippen LogP contribution in [0.15, 0.2) is 18.2 Å². The molecule has 100 valence electrons. The van der Waals surface area contributed by atoms with Gasteiger partial charge in [-0.25, -0.2) is 4.39 Å². The van der Waals surface area contributed by atoms with Crippen molar-refractivity contribution < 1.29 is 18.7 Å². The second-order valence-corrected chi connectivity index (χ2v) is 3.69. The van der Waals surface area contributed by atoms with E-state index in [1.54, 1.807) is 6.07 Å². The molecular formula is C13H18FNO3. The molecule has 0 radical (unpaired) electrons. The predicted molar refractivity (Wildman–Crippen MR) is 65.9 cm³/mol. The van der Waals surface area contributed by atoms with Crippen molar-refractivity contribution in [1.29, 1.82) is 0 Å². The summed E-state index contributed by atoms with van der Waals surface area (Å²) in [6.45, 7) is 3.17. The molecule has 0 unspecified atom stereocenters. The van der Waals surface area contributed by atoms with Crippen molar-refractivity contribution in [2.75, 3.05) is 20.3 Å². The first kappa shape index (κ1) is 14.4. The number of carbonyl (C=O) groups is 1. The van der Waals surface area contributed by atoms with Crippen LogP contribution in [0.2, 0.25) is 0 Å². The molecule has 0 aliphatic rings. The van der Waals surface area contributed by atoms with Crippen LogP contribution in [0, 0.1) is 5.82 Å². The molecule has 0 fully saturated rings. The van der Waals surface area contributed by atoms with Crippen LogP contribution >= 0.6 is 0 Å². The number of ether oxygens (including phenoxy) is 2. The summed E-state index contributed by atoms with van der Waals surface area (Å²) in [6, 6.07) is 4.60. The monoisotopic (exact) mass is 255 g/mol. The highest BCUT2D eigenvalue weighted by Crippen LogP contribution is 2.17. The van der Waals surface area contributed by atoms with Crippen molar-refractivity contribution in [3.63, 3.8) is 0 Å². The maximum atomic E-state index is 13.4. The van der Waals surface area contributed by atoms with E-state index in [0.29, 0.717) is 31.7 Å². The van der Waals surface area contributed by atoms with Gasteiger partial charge >= 0.3 is 0 Å². The Hall–Kier alpha value is -1.62. The molecule has 0 aromatic heterocycles. The Bertz CT molecular complexity index is 396. The van der Waals surface area contributed by atoms with Crippen LogP contribution in [0.4, 0.5) is 4.39 Å². The van der Waals surface area contributed by atoms with Gasteiger partial charge in [-0.05, 0) is 24.6 Å². The number of methoxy groups -OCH3 is 1. The summed E-state index contributed by atoms with van der Waals surface area (Å²) in [7, 11) is 1.41. The molecule has 0 heterocycles. The topological polar surface area (TPSA) is 47.6 Å². The smallest absolute Gasteiger partial charge is 0.222 e. The molecule has 4 nitrogen and oxygen atoms in total. The van der Waals surface area contributed by atoms with Crippen molar-refractivity contribution in [3.8, 4) is 5.75 Å². The van der Waals surface area contributed by atoms with E-state index in [1.807, 2.05) is 6.92 Å². The fourth-order valence-electron chi connectivity index (χ4n) is 1.42. The van der Waals surface area contributed by atoms with Gasteiger partial charge in [0.15, 0.2) is 11.6 Å². The fraction of sp³-hybridized carbons (Fsp3) is 0.462. The first-order valence-electron chi connectivity index (χ1n) is 5.84. The number of halogens is 1. The largest absolute Gasteiger partial charge is 0.494 e. The third kappa shape index (κ3) is 4.71. The van der Waals surface area contributed by atoms with E-state index in [9.17, 15) is 9.18 Å². The average Bonchev–Trinajstić information content (AvgIpc) is 2.37. The molecule has 1 amide bonds. The van der Waals surface area contributed by atoms with Gasteiger partial charge in [0.1, 0.15) is 0 Å². The van der Waals surface area contributed by atoms with E-state index in [2.05, 4.69) is 5.32 Å². The summed E-state index contributed by atoms with van der Waals surface area (Å²) in [5.74, 6) is -0.348. The van der Waals surface area contributed by atoms with E-state index in [1.165, 1.54) is 19.2 Å². The quantitative estimate of drug-likeness (QED) is 0.757. The normalized spacial score (nSPS) is 10.2. The maximum absolute atomic E-state index is 13.4. The first-order chi connectivity index (χ1) is 8.67. The summed E-state index contributed by atoms with van der Waals surface area (Å²) >= 11 is 0. The number of benzene rings is 1. The van der Waals surface area contributed by atoms with Crippen LogP contribution in [0.1, 0.15) is 18.9 Å². The third-order valence-electron chi connectivity index (χ3n) is 2.38. The molecule has 0 bridgehead atoms. The zero-order chi connectivity index (χ0) is 13.4. The second kappa shape index (κ2) is 7.66. The summed E-state index contributed by atoms with van der Waals surface area (Å²) in [4.78, 5) is 11.4. The Morgan fingerprint density at radius 3 is 2.83 bits per heavy atom. The van der Waals surface area contributed by atoms with Crippen molar-refractivity contribution in [2.24, 2.45) is 0 Å². The van der Waals surface area contributed by atoms with Gasteiger partial charge in [0, 0.05) is 19.6 Å². The van der Waals surface area contributed by atoms with Gasteiger partial charge in [-0.15, -0.1) is 0 Å². The van der Waals surface area contributed by atoms with Crippen molar-refractivity contribution in [2.45, 2.75) is 19.9 Å². The van der Waals surface area contributed by atoms with Crippen LogP contribution < -0.4 is 10.1 Å². The molecule has 0 aliphatic heterocycles. The van der Waals surface area contributed by atoms with Gasteiger partial charge in [0.05, 0.1) is 13.7 Å². The second-order valence-electron chi connectivity index (χ2n) is 3.69. The van der Waals surface area contributed by atoms with E-state index in [0.717, 1.165) is 0 Å². The highest BCUT2D eigenvalue weighted by Gasteiger charge is 2.05. The Balaban J connectivity index is 2.39. The molecule has 5 heteroatoms. The lowest BCUT2D eigenvalue weighted by atomic mass is 10.2. The van der Waals surface area contributed by atoms with Crippen molar-refractivity contribution in [3.05, 3.63) is 29.6 Å². The number of nitrogens with one attached hydrogen (secondary N) is 1. The highest BCUT2D eigenvalue weighted by molar-refractivity contribution is 5.75. The van der Waals surface area contributed by atoms with Crippen LogP contribution in [-0.2, 0) is 16.1 Å².